The van der Waals surface area contributed by atoms with Crippen LogP contribution < -0.4 is 10.5 Å². The summed E-state index contributed by atoms with van der Waals surface area (Å²) in [6.07, 6.45) is 0. The van der Waals surface area contributed by atoms with Gasteiger partial charge in [-0.05, 0) is 24.7 Å². The molecular weight excluding hydrogens is 264 g/mol. The zero-order valence-electron chi connectivity index (χ0n) is 11.2. The van der Waals surface area contributed by atoms with Crippen LogP contribution in [0.3, 0.4) is 0 Å². The van der Waals surface area contributed by atoms with Crippen LogP contribution in [0.1, 0.15) is 5.56 Å². The summed E-state index contributed by atoms with van der Waals surface area (Å²) in [5.74, 6) is 1.05. The van der Waals surface area contributed by atoms with E-state index in [1.54, 1.807) is 7.11 Å². The molecule has 5 nitrogen and oxygen atoms in total. The van der Waals surface area contributed by atoms with Crippen molar-refractivity contribution in [2.45, 2.75) is 18.6 Å². The van der Waals surface area contributed by atoms with Gasteiger partial charge in [-0.3, -0.25) is 4.90 Å². The maximum Gasteiger partial charge on any atom is 0.153 e. The van der Waals surface area contributed by atoms with Crippen LogP contribution in [-0.2, 0) is 16.4 Å². The number of methoxy groups -OCH3 is 1. The van der Waals surface area contributed by atoms with E-state index in [-0.39, 0.29) is 23.6 Å². The lowest BCUT2D eigenvalue weighted by Crippen LogP contribution is -2.44. The van der Waals surface area contributed by atoms with Crippen LogP contribution in [0.15, 0.2) is 24.3 Å². The molecule has 1 aliphatic rings. The maximum atomic E-state index is 11.6. The van der Waals surface area contributed by atoms with Gasteiger partial charge in [-0.15, -0.1) is 0 Å². The van der Waals surface area contributed by atoms with E-state index in [2.05, 4.69) is 0 Å². The third-order valence-corrected chi connectivity index (χ3v) is 5.26. The van der Waals surface area contributed by atoms with Crippen molar-refractivity contribution in [1.82, 2.24) is 4.90 Å². The second kappa shape index (κ2) is 5.48. The van der Waals surface area contributed by atoms with E-state index in [4.69, 9.17) is 10.5 Å². The molecule has 1 heterocycles. The number of hydrogen-bond acceptors (Lipinski definition) is 5. The molecular formula is C13H20N2O3S. The Hall–Kier alpha value is -1.11. The maximum absolute atomic E-state index is 11.6. The lowest BCUT2D eigenvalue weighted by molar-refractivity contribution is 0.236. The van der Waals surface area contributed by atoms with Crippen molar-refractivity contribution < 1.29 is 13.2 Å². The molecule has 1 saturated heterocycles. The minimum atomic E-state index is -2.98. The quantitative estimate of drug-likeness (QED) is 0.858. The zero-order valence-corrected chi connectivity index (χ0v) is 12.1. The number of ether oxygens (including phenoxy) is 1. The largest absolute Gasteiger partial charge is 0.497 e. The molecule has 2 atom stereocenters. The molecule has 2 N–H and O–H groups in total. The van der Waals surface area contributed by atoms with Gasteiger partial charge in [-0.25, -0.2) is 8.42 Å². The van der Waals surface area contributed by atoms with Crippen molar-refractivity contribution >= 4 is 9.84 Å². The molecule has 0 aromatic heterocycles. The van der Waals surface area contributed by atoms with E-state index >= 15 is 0 Å². The third kappa shape index (κ3) is 3.46. The Morgan fingerprint density at radius 3 is 2.42 bits per heavy atom. The topological polar surface area (TPSA) is 72.6 Å². The molecule has 1 aliphatic heterocycles. The Morgan fingerprint density at radius 2 is 1.95 bits per heavy atom. The van der Waals surface area contributed by atoms with Crippen LogP contribution in [0.5, 0.6) is 5.75 Å². The van der Waals surface area contributed by atoms with Crippen molar-refractivity contribution in [2.75, 3.05) is 25.7 Å². The highest BCUT2D eigenvalue weighted by Crippen LogP contribution is 2.19. The number of benzene rings is 1. The summed E-state index contributed by atoms with van der Waals surface area (Å²) < 4.78 is 28.2. The van der Waals surface area contributed by atoms with Crippen LogP contribution >= 0.6 is 0 Å². The fourth-order valence-electron chi connectivity index (χ4n) is 2.45. The van der Waals surface area contributed by atoms with Crippen molar-refractivity contribution in [3.63, 3.8) is 0 Å². The molecule has 1 aromatic rings. The molecule has 106 valence electrons. The van der Waals surface area contributed by atoms with Gasteiger partial charge in [-0.1, -0.05) is 12.1 Å². The minimum absolute atomic E-state index is 0.0879. The molecule has 2 rings (SSSR count). The lowest BCUT2D eigenvalue weighted by atomic mass is 10.1. The summed E-state index contributed by atoms with van der Waals surface area (Å²) >= 11 is 0. The first-order valence-corrected chi connectivity index (χ1v) is 8.02. The Morgan fingerprint density at radius 1 is 1.32 bits per heavy atom. The van der Waals surface area contributed by atoms with Gasteiger partial charge in [0.25, 0.3) is 0 Å². The summed E-state index contributed by atoms with van der Waals surface area (Å²) in [7, 11) is 0.562. The number of likely N-dealkylation sites (N-methyl/N-ethyl adjacent to an activating group) is 1. The molecule has 0 aliphatic carbocycles. The van der Waals surface area contributed by atoms with Crippen molar-refractivity contribution in [1.29, 1.82) is 0 Å². The van der Waals surface area contributed by atoms with Crippen LogP contribution in [0.25, 0.3) is 0 Å². The van der Waals surface area contributed by atoms with Gasteiger partial charge in [0, 0.05) is 18.6 Å². The smallest absolute Gasteiger partial charge is 0.153 e. The summed E-state index contributed by atoms with van der Waals surface area (Å²) in [6.45, 7) is 0.678. The zero-order chi connectivity index (χ0) is 14.0. The van der Waals surface area contributed by atoms with E-state index < -0.39 is 9.84 Å². The van der Waals surface area contributed by atoms with Gasteiger partial charge in [0.1, 0.15) is 5.75 Å². The molecule has 0 amide bonds. The van der Waals surface area contributed by atoms with E-state index in [0.717, 1.165) is 11.3 Å². The lowest BCUT2D eigenvalue weighted by Gasteiger charge is -2.26. The number of nitrogens with zero attached hydrogens (tertiary/aromatic N) is 1. The molecule has 1 aromatic carbocycles. The van der Waals surface area contributed by atoms with Gasteiger partial charge in [0.2, 0.25) is 0 Å². The van der Waals surface area contributed by atoms with E-state index in [0.29, 0.717) is 6.54 Å². The highest BCUT2D eigenvalue weighted by atomic mass is 32.2. The Labute approximate surface area is 114 Å². The molecule has 2 unspecified atom stereocenters. The van der Waals surface area contributed by atoms with Crippen LogP contribution in [0.4, 0.5) is 0 Å². The van der Waals surface area contributed by atoms with Crippen molar-refractivity contribution in [3.8, 4) is 5.75 Å². The molecule has 19 heavy (non-hydrogen) atoms. The summed E-state index contributed by atoms with van der Waals surface area (Å²) in [4.78, 5) is 2.01. The molecule has 1 fully saturated rings. The summed E-state index contributed by atoms with van der Waals surface area (Å²) in [5, 5.41) is 0. The summed E-state index contributed by atoms with van der Waals surface area (Å²) in [5.41, 5.74) is 7.02. The summed E-state index contributed by atoms with van der Waals surface area (Å²) in [6, 6.07) is 7.35. The van der Waals surface area contributed by atoms with E-state index in [1.807, 2.05) is 36.2 Å². The second-order valence-electron chi connectivity index (χ2n) is 5.07. The fraction of sp³-hybridized carbons (Fsp3) is 0.538. The molecule has 6 heteroatoms. The number of nitrogens with two attached hydrogens (primary N) is 1. The molecule has 0 saturated carbocycles. The van der Waals surface area contributed by atoms with Gasteiger partial charge in [0.15, 0.2) is 9.84 Å². The van der Waals surface area contributed by atoms with Crippen LogP contribution in [0, 0.1) is 0 Å². The highest BCUT2D eigenvalue weighted by Gasteiger charge is 2.37. The minimum Gasteiger partial charge on any atom is -0.497 e. The average Bonchev–Trinajstić information content (AvgIpc) is 2.64. The van der Waals surface area contributed by atoms with Crippen molar-refractivity contribution in [2.24, 2.45) is 5.73 Å². The standard InChI is InChI=1S/C13H20N2O3S/c1-15(13-9-19(16,17)8-12(13)14)7-10-3-5-11(18-2)6-4-10/h3-6,12-13H,7-9,14H2,1-2H3. The van der Waals surface area contributed by atoms with E-state index in [1.165, 1.54) is 0 Å². The predicted octanol–water partition coefficient (Wildman–Crippen LogP) is 0.251. The van der Waals surface area contributed by atoms with Crippen molar-refractivity contribution in [3.05, 3.63) is 29.8 Å². The van der Waals surface area contributed by atoms with Crippen LogP contribution in [-0.4, -0.2) is 51.1 Å². The van der Waals surface area contributed by atoms with Crippen LogP contribution in [0.2, 0.25) is 0 Å². The molecule has 0 bridgehead atoms. The normalized spacial score (nSPS) is 25.7. The monoisotopic (exact) mass is 284 g/mol. The molecule has 0 radical (unpaired) electrons. The Kier molecular flexibility index (Phi) is 4.13. The Balaban J connectivity index is 2.02. The first kappa shape index (κ1) is 14.3. The fourth-order valence-corrected chi connectivity index (χ4v) is 4.41. The SMILES string of the molecule is COc1ccc(CN(C)C2CS(=O)(=O)CC2N)cc1. The van der Waals surface area contributed by atoms with Gasteiger partial charge in [-0.2, -0.15) is 0 Å². The third-order valence-electron chi connectivity index (χ3n) is 3.52. The van der Waals surface area contributed by atoms with E-state index in [9.17, 15) is 8.42 Å². The van der Waals surface area contributed by atoms with Gasteiger partial charge < -0.3 is 10.5 Å². The first-order valence-electron chi connectivity index (χ1n) is 6.20. The number of hydrogen-bond donors (Lipinski definition) is 1. The molecule has 0 spiro atoms. The number of rotatable bonds is 4. The first-order chi connectivity index (χ1) is 8.91. The Bertz CT molecular complexity index is 527. The average molecular weight is 284 g/mol. The number of sulfone groups is 1. The van der Waals surface area contributed by atoms with Gasteiger partial charge >= 0.3 is 0 Å². The predicted molar refractivity (Wildman–Crippen MR) is 74.9 cm³/mol. The highest BCUT2D eigenvalue weighted by molar-refractivity contribution is 7.91. The van der Waals surface area contributed by atoms with Gasteiger partial charge in [0.05, 0.1) is 18.6 Å². The second-order valence-corrected chi connectivity index (χ2v) is 7.23.